The van der Waals surface area contributed by atoms with Crippen molar-refractivity contribution >= 4 is 40.7 Å². The van der Waals surface area contributed by atoms with Gasteiger partial charge >= 0.3 is 0 Å². The second kappa shape index (κ2) is 6.18. The van der Waals surface area contributed by atoms with Gasteiger partial charge in [0, 0.05) is 34.1 Å². The third-order valence-electron chi connectivity index (χ3n) is 6.68. The molecule has 0 radical (unpaired) electrons. The number of hydrogen-bond donors (Lipinski definition) is 0. The number of benzene rings is 2. The SMILES string of the molecule is BC1(c2ccnc(-c3cc4ccccc4c4oc5ncccc5c34)c2)CCCC1. The van der Waals surface area contributed by atoms with Gasteiger partial charge in [-0.1, -0.05) is 49.9 Å². The summed E-state index contributed by atoms with van der Waals surface area (Å²) in [7, 11) is 2.40. The molecule has 3 aromatic heterocycles. The maximum Gasteiger partial charge on any atom is 0.227 e. The van der Waals surface area contributed by atoms with Gasteiger partial charge in [0.25, 0.3) is 0 Å². The first-order chi connectivity index (χ1) is 14.2. The number of nitrogens with zero attached hydrogens (tertiary/aromatic N) is 2. The Labute approximate surface area is 170 Å². The molecule has 4 heteroatoms. The van der Waals surface area contributed by atoms with Crippen LogP contribution in [0.5, 0.6) is 0 Å². The Morgan fingerprint density at radius 2 is 1.69 bits per heavy atom. The van der Waals surface area contributed by atoms with E-state index in [2.05, 4.69) is 61.4 Å². The maximum absolute atomic E-state index is 6.24. The van der Waals surface area contributed by atoms with Gasteiger partial charge in [-0.25, -0.2) is 4.98 Å². The predicted molar refractivity (Wildman–Crippen MR) is 121 cm³/mol. The number of pyridine rings is 2. The van der Waals surface area contributed by atoms with Crippen LogP contribution < -0.4 is 0 Å². The predicted octanol–water partition coefficient (Wildman–Crippen LogP) is 5.60. The fourth-order valence-electron chi connectivity index (χ4n) is 5.05. The molecule has 1 saturated carbocycles. The highest BCUT2D eigenvalue weighted by Crippen LogP contribution is 2.42. The van der Waals surface area contributed by atoms with Crippen molar-refractivity contribution in [1.82, 2.24) is 9.97 Å². The molecular formula is C25H21BN2O. The largest absolute Gasteiger partial charge is 0.437 e. The molecule has 3 nitrogen and oxygen atoms in total. The first-order valence-corrected chi connectivity index (χ1v) is 10.4. The number of furan rings is 1. The van der Waals surface area contributed by atoms with Crippen molar-refractivity contribution in [3.63, 3.8) is 0 Å². The van der Waals surface area contributed by atoms with E-state index in [9.17, 15) is 0 Å². The normalized spacial score (nSPS) is 16.1. The monoisotopic (exact) mass is 376 g/mol. The summed E-state index contributed by atoms with van der Waals surface area (Å²) in [5.74, 6) is 0. The Balaban J connectivity index is 1.69. The zero-order valence-electron chi connectivity index (χ0n) is 16.5. The molecule has 0 unspecified atom stereocenters. The van der Waals surface area contributed by atoms with Gasteiger partial charge in [0.15, 0.2) is 0 Å². The molecule has 0 N–H and O–H groups in total. The Hall–Kier alpha value is -3.14. The summed E-state index contributed by atoms with van der Waals surface area (Å²) in [5.41, 5.74) is 5.10. The Kier molecular flexibility index (Phi) is 3.58. The van der Waals surface area contributed by atoms with Crippen molar-refractivity contribution in [2.75, 3.05) is 0 Å². The van der Waals surface area contributed by atoms with Crippen LogP contribution in [-0.2, 0) is 5.31 Å². The van der Waals surface area contributed by atoms with Gasteiger partial charge in [-0.05, 0) is 46.6 Å². The van der Waals surface area contributed by atoms with E-state index in [-0.39, 0.29) is 5.31 Å². The number of rotatable bonds is 2. The molecule has 0 amide bonds. The van der Waals surface area contributed by atoms with Crippen molar-refractivity contribution in [1.29, 1.82) is 0 Å². The fraction of sp³-hybridized carbons (Fsp3) is 0.200. The van der Waals surface area contributed by atoms with Crippen molar-refractivity contribution in [3.05, 3.63) is 72.6 Å². The number of aromatic nitrogens is 2. The van der Waals surface area contributed by atoms with Crippen LogP contribution in [0.4, 0.5) is 0 Å². The van der Waals surface area contributed by atoms with Crippen LogP contribution in [0.3, 0.4) is 0 Å². The molecule has 0 bridgehead atoms. The van der Waals surface area contributed by atoms with Gasteiger partial charge in [-0.15, -0.1) is 0 Å². The second-order valence-electron chi connectivity index (χ2n) is 8.51. The van der Waals surface area contributed by atoms with Crippen LogP contribution in [0.2, 0.25) is 0 Å². The minimum absolute atomic E-state index is 0.258. The van der Waals surface area contributed by atoms with Gasteiger partial charge < -0.3 is 4.42 Å². The van der Waals surface area contributed by atoms with E-state index in [4.69, 9.17) is 9.40 Å². The summed E-state index contributed by atoms with van der Waals surface area (Å²) in [6, 6.07) is 19.2. The van der Waals surface area contributed by atoms with Crippen LogP contribution in [0, 0.1) is 0 Å². The molecular weight excluding hydrogens is 355 g/mol. The fourth-order valence-corrected chi connectivity index (χ4v) is 5.05. The van der Waals surface area contributed by atoms with Crippen molar-refractivity contribution in [2.45, 2.75) is 31.0 Å². The Morgan fingerprint density at radius 1 is 0.862 bits per heavy atom. The van der Waals surface area contributed by atoms with Gasteiger partial charge in [0.1, 0.15) is 13.4 Å². The van der Waals surface area contributed by atoms with Crippen molar-refractivity contribution in [2.24, 2.45) is 0 Å². The average Bonchev–Trinajstić information content (AvgIpc) is 3.38. The quantitative estimate of drug-likeness (QED) is 0.377. The molecule has 5 aromatic rings. The van der Waals surface area contributed by atoms with E-state index in [1.54, 1.807) is 6.20 Å². The highest BCUT2D eigenvalue weighted by Gasteiger charge is 2.31. The molecule has 140 valence electrons. The molecule has 0 spiro atoms. The molecule has 6 rings (SSSR count). The van der Waals surface area contributed by atoms with Crippen LogP contribution in [0.15, 0.2) is 71.4 Å². The van der Waals surface area contributed by atoms with E-state index in [0.29, 0.717) is 5.71 Å². The first-order valence-electron chi connectivity index (χ1n) is 10.4. The lowest BCUT2D eigenvalue weighted by atomic mass is 9.63. The number of fused-ring (bicyclic) bond motifs is 5. The Bertz CT molecular complexity index is 1380. The van der Waals surface area contributed by atoms with Crippen LogP contribution in [-0.4, -0.2) is 17.8 Å². The molecule has 0 atom stereocenters. The zero-order valence-corrected chi connectivity index (χ0v) is 16.5. The molecule has 1 aliphatic carbocycles. The highest BCUT2D eigenvalue weighted by atomic mass is 16.3. The van der Waals surface area contributed by atoms with Crippen LogP contribution >= 0.6 is 0 Å². The third kappa shape index (κ3) is 2.52. The van der Waals surface area contributed by atoms with Crippen LogP contribution in [0.1, 0.15) is 31.2 Å². The first kappa shape index (κ1) is 16.8. The van der Waals surface area contributed by atoms with Crippen molar-refractivity contribution in [3.8, 4) is 11.3 Å². The summed E-state index contributed by atoms with van der Waals surface area (Å²) in [5, 5.41) is 4.68. The molecule has 1 aliphatic rings. The molecule has 1 fully saturated rings. The highest BCUT2D eigenvalue weighted by molar-refractivity contribution is 6.20. The standard InChI is InChI=1S/C25H21BN2O/c26-25(10-3-4-11-25)17-9-13-27-21(15-17)20-14-16-6-1-2-7-18(16)23-22(20)19-8-5-12-28-24(19)29-23/h1-2,5-9,12-15H,3-4,10-11,26H2. The molecule has 3 heterocycles. The topological polar surface area (TPSA) is 38.9 Å². The van der Waals surface area contributed by atoms with Crippen LogP contribution in [0.25, 0.3) is 44.1 Å². The molecule has 29 heavy (non-hydrogen) atoms. The van der Waals surface area contributed by atoms with E-state index >= 15 is 0 Å². The minimum Gasteiger partial charge on any atom is -0.437 e. The minimum atomic E-state index is 0.258. The summed E-state index contributed by atoms with van der Waals surface area (Å²) in [4.78, 5) is 9.26. The maximum atomic E-state index is 6.24. The molecule has 0 saturated heterocycles. The number of hydrogen-bond acceptors (Lipinski definition) is 3. The smallest absolute Gasteiger partial charge is 0.227 e. The summed E-state index contributed by atoms with van der Waals surface area (Å²) in [6.07, 6.45) is 8.88. The summed E-state index contributed by atoms with van der Waals surface area (Å²) < 4.78 is 6.24. The van der Waals surface area contributed by atoms with E-state index < -0.39 is 0 Å². The van der Waals surface area contributed by atoms with E-state index in [0.717, 1.165) is 38.4 Å². The van der Waals surface area contributed by atoms with Crippen molar-refractivity contribution < 1.29 is 4.42 Å². The lowest BCUT2D eigenvalue weighted by molar-refractivity contribution is 0.635. The molecule has 2 aromatic carbocycles. The van der Waals surface area contributed by atoms with E-state index in [1.165, 1.54) is 31.2 Å². The lowest BCUT2D eigenvalue weighted by Crippen LogP contribution is -2.22. The Morgan fingerprint density at radius 3 is 2.59 bits per heavy atom. The van der Waals surface area contributed by atoms with E-state index in [1.807, 2.05) is 12.3 Å². The summed E-state index contributed by atoms with van der Waals surface area (Å²) in [6.45, 7) is 0. The van der Waals surface area contributed by atoms with Gasteiger partial charge in [-0.3, -0.25) is 4.98 Å². The molecule has 0 aliphatic heterocycles. The average molecular weight is 376 g/mol. The zero-order chi connectivity index (χ0) is 19.4. The third-order valence-corrected chi connectivity index (χ3v) is 6.68. The van der Waals surface area contributed by atoms with Gasteiger partial charge in [0.2, 0.25) is 5.71 Å². The van der Waals surface area contributed by atoms with Gasteiger partial charge in [-0.2, -0.15) is 0 Å². The second-order valence-corrected chi connectivity index (χ2v) is 8.51. The summed E-state index contributed by atoms with van der Waals surface area (Å²) >= 11 is 0. The lowest BCUT2D eigenvalue weighted by Gasteiger charge is -2.24. The van der Waals surface area contributed by atoms with Gasteiger partial charge in [0.05, 0.1) is 5.69 Å².